The summed E-state index contributed by atoms with van der Waals surface area (Å²) in [5.74, 6) is 0.953. The van der Waals surface area contributed by atoms with Crippen molar-refractivity contribution in [2.24, 2.45) is 4.99 Å². The van der Waals surface area contributed by atoms with Crippen LogP contribution in [-0.2, 0) is 11.3 Å². The smallest absolute Gasteiger partial charge is 0.321 e. The van der Waals surface area contributed by atoms with E-state index in [4.69, 9.17) is 9.73 Å². The number of nitrogens with one attached hydrogen (secondary N) is 2. The van der Waals surface area contributed by atoms with Crippen LogP contribution in [0.5, 0.6) is 0 Å². The minimum Gasteiger partial charge on any atom is -0.378 e. The SMILES string of the molecule is CCNC(=NCc1cccc(NC(=O)N2CCCC2)c1)N1CCC(OCC)CC1.I. The molecule has 0 aliphatic carbocycles. The molecule has 2 aliphatic rings. The lowest BCUT2D eigenvalue weighted by Crippen LogP contribution is -2.47. The maximum Gasteiger partial charge on any atom is 0.321 e. The van der Waals surface area contributed by atoms with Crippen molar-refractivity contribution in [3.8, 4) is 0 Å². The zero-order valence-corrected chi connectivity index (χ0v) is 20.6. The Kier molecular flexibility index (Phi) is 10.7. The molecule has 2 aliphatic heterocycles. The first-order valence-electron chi connectivity index (χ1n) is 11.0. The molecule has 2 fully saturated rings. The van der Waals surface area contributed by atoms with E-state index in [1.165, 1.54) is 0 Å². The average molecular weight is 529 g/mol. The first-order chi connectivity index (χ1) is 14.2. The Morgan fingerprint density at radius 3 is 2.53 bits per heavy atom. The molecule has 0 radical (unpaired) electrons. The summed E-state index contributed by atoms with van der Waals surface area (Å²) >= 11 is 0. The number of nitrogens with zero attached hydrogens (tertiary/aromatic N) is 3. The van der Waals surface area contributed by atoms with Crippen molar-refractivity contribution in [2.75, 3.05) is 44.6 Å². The first-order valence-corrected chi connectivity index (χ1v) is 11.0. The minimum atomic E-state index is -0.00587. The third-order valence-electron chi connectivity index (χ3n) is 5.46. The molecule has 0 spiro atoms. The second-order valence-electron chi connectivity index (χ2n) is 7.64. The Morgan fingerprint density at radius 2 is 1.87 bits per heavy atom. The Balaban J connectivity index is 0.00000320. The van der Waals surface area contributed by atoms with Crippen LogP contribution in [0.3, 0.4) is 0 Å². The molecule has 7 nitrogen and oxygen atoms in total. The second-order valence-corrected chi connectivity index (χ2v) is 7.64. The lowest BCUT2D eigenvalue weighted by molar-refractivity contribution is 0.0263. The molecule has 0 bridgehead atoms. The standard InChI is InChI=1S/C22H35N5O2.HI/c1-3-23-21(26-14-10-20(11-15-26)29-4-2)24-17-18-8-7-9-19(16-18)25-22(28)27-12-5-6-13-27;/h7-9,16,20H,3-6,10-15,17H2,1-2H3,(H,23,24)(H,25,28);1H. The van der Waals surface area contributed by atoms with Gasteiger partial charge in [0.25, 0.3) is 0 Å². The van der Waals surface area contributed by atoms with Crippen molar-refractivity contribution in [3.63, 3.8) is 0 Å². The van der Waals surface area contributed by atoms with E-state index >= 15 is 0 Å². The molecule has 2 heterocycles. The number of urea groups is 1. The van der Waals surface area contributed by atoms with Gasteiger partial charge in [-0.3, -0.25) is 0 Å². The highest BCUT2D eigenvalue weighted by molar-refractivity contribution is 14.0. The molecule has 2 saturated heterocycles. The summed E-state index contributed by atoms with van der Waals surface area (Å²) in [7, 11) is 0. The monoisotopic (exact) mass is 529 g/mol. The summed E-state index contributed by atoms with van der Waals surface area (Å²) in [6.45, 7) is 9.98. The highest BCUT2D eigenvalue weighted by Gasteiger charge is 2.21. The van der Waals surface area contributed by atoms with Crippen LogP contribution >= 0.6 is 24.0 Å². The third kappa shape index (κ3) is 7.30. The molecule has 0 saturated carbocycles. The molecule has 0 unspecified atom stereocenters. The fourth-order valence-corrected chi connectivity index (χ4v) is 3.93. The summed E-state index contributed by atoms with van der Waals surface area (Å²) in [4.78, 5) is 21.4. The molecule has 0 atom stereocenters. The second kappa shape index (κ2) is 13.0. The Bertz CT molecular complexity index is 686. The van der Waals surface area contributed by atoms with Crippen molar-refractivity contribution in [1.29, 1.82) is 0 Å². The minimum absolute atomic E-state index is 0. The van der Waals surface area contributed by atoms with Crippen molar-refractivity contribution in [2.45, 2.75) is 52.2 Å². The topological polar surface area (TPSA) is 69.2 Å². The van der Waals surface area contributed by atoms with Crippen LogP contribution in [0.4, 0.5) is 10.5 Å². The zero-order chi connectivity index (χ0) is 20.5. The molecule has 2 N–H and O–H groups in total. The van der Waals surface area contributed by atoms with Gasteiger partial charge in [-0.15, -0.1) is 24.0 Å². The van der Waals surface area contributed by atoms with Crippen LogP contribution in [0.1, 0.15) is 45.1 Å². The average Bonchev–Trinajstić information content (AvgIpc) is 3.27. The molecular formula is C22H36IN5O2. The molecule has 1 aromatic carbocycles. The summed E-state index contributed by atoms with van der Waals surface area (Å²) < 4.78 is 5.76. The van der Waals surface area contributed by atoms with E-state index in [9.17, 15) is 4.79 Å². The summed E-state index contributed by atoms with van der Waals surface area (Å²) in [6, 6.07) is 7.98. The highest BCUT2D eigenvalue weighted by atomic mass is 127. The van der Waals surface area contributed by atoms with Gasteiger partial charge >= 0.3 is 6.03 Å². The lowest BCUT2D eigenvalue weighted by Gasteiger charge is -2.34. The molecule has 8 heteroatoms. The van der Waals surface area contributed by atoms with Crippen LogP contribution < -0.4 is 10.6 Å². The number of hydrogen-bond acceptors (Lipinski definition) is 3. The number of likely N-dealkylation sites (tertiary alicyclic amines) is 2. The van der Waals surface area contributed by atoms with E-state index in [0.29, 0.717) is 12.6 Å². The number of carbonyl (C=O) groups is 1. The van der Waals surface area contributed by atoms with Crippen LogP contribution in [-0.4, -0.2) is 67.2 Å². The zero-order valence-electron chi connectivity index (χ0n) is 18.2. The number of carbonyl (C=O) groups excluding carboxylic acids is 1. The van der Waals surface area contributed by atoms with E-state index in [2.05, 4.69) is 35.4 Å². The van der Waals surface area contributed by atoms with Gasteiger partial charge in [0.1, 0.15) is 0 Å². The van der Waals surface area contributed by atoms with Crippen LogP contribution in [0.15, 0.2) is 29.3 Å². The van der Waals surface area contributed by atoms with Gasteiger partial charge in [-0.2, -0.15) is 0 Å². The molecule has 1 aromatic rings. The number of hydrogen-bond donors (Lipinski definition) is 2. The number of benzene rings is 1. The normalized spacial score (nSPS) is 17.6. The number of halogens is 1. The van der Waals surface area contributed by atoms with Crippen LogP contribution in [0.25, 0.3) is 0 Å². The van der Waals surface area contributed by atoms with Crippen LogP contribution in [0.2, 0.25) is 0 Å². The molecule has 168 valence electrons. The van der Waals surface area contributed by atoms with Gasteiger partial charge < -0.3 is 25.2 Å². The Hall–Kier alpha value is -1.55. The Labute approximate surface area is 197 Å². The number of anilines is 1. The van der Waals surface area contributed by atoms with E-state index in [1.54, 1.807) is 0 Å². The van der Waals surface area contributed by atoms with E-state index in [1.807, 2.05) is 23.1 Å². The maximum atomic E-state index is 12.3. The molecular weight excluding hydrogens is 493 g/mol. The van der Waals surface area contributed by atoms with Gasteiger partial charge in [-0.25, -0.2) is 9.79 Å². The summed E-state index contributed by atoms with van der Waals surface area (Å²) in [5.41, 5.74) is 1.92. The fraction of sp³-hybridized carbons (Fsp3) is 0.636. The quantitative estimate of drug-likeness (QED) is 0.333. The van der Waals surface area contributed by atoms with E-state index < -0.39 is 0 Å². The van der Waals surface area contributed by atoms with Gasteiger partial charge in [0, 0.05) is 45.0 Å². The third-order valence-corrected chi connectivity index (χ3v) is 5.46. The summed E-state index contributed by atoms with van der Waals surface area (Å²) in [5, 5.41) is 6.43. The number of guanidine groups is 1. The molecule has 30 heavy (non-hydrogen) atoms. The Morgan fingerprint density at radius 1 is 1.13 bits per heavy atom. The highest BCUT2D eigenvalue weighted by Crippen LogP contribution is 2.16. The van der Waals surface area contributed by atoms with Crippen LogP contribution in [0, 0.1) is 0 Å². The maximum absolute atomic E-state index is 12.3. The lowest BCUT2D eigenvalue weighted by atomic mass is 10.1. The number of aliphatic imine (C=N–C) groups is 1. The number of rotatable bonds is 6. The molecule has 0 aromatic heterocycles. The van der Waals surface area contributed by atoms with E-state index in [-0.39, 0.29) is 30.0 Å². The first kappa shape index (κ1) is 24.7. The number of ether oxygens (including phenoxy) is 1. The van der Waals surface area contributed by atoms with E-state index in [0.717, 1.165) is 82.2 Å². The fourth-order valence-electron chi connectivity index (χ4n) is 3.93. The number of amides is 2. The predicted molar refractivity (Wildman–Crippen MR) is 133 cm³/mol. The van der Waals surface area contributed by atoms with Crippen molar-refractivity contribution in [1.82, 2.24) is 15.1 Å². The van der Waals surface area contributed by atoms with Gasteiger partial charge in [0.2, 0.25) is 0 Å². The van der Waals surface area contributed by atoms with Crippen molar-refractivity contribution in [3.05, 3.63) is 29.8 Å². The van der Waals surface area contributed by atoms with Gasteiger partial charge in [-0.1, -0.05) is 12.1 Å². The van der Waals surface area contributed by atoms with Crippen molar-refractivity contribution < 1.29 is 9.53 Å². The molecule has 2 amide bonds. The summed E-state index contributed by atoms with van der Waals surface area (Å²) in [6.07, 6.45) is 4.64. The van der Waals surface area contributed by atoms with Gasteiger partial charge in [0.05, 0.1) is 12.6 Å². The molecule has 3 rings (SSSR count). The largest absolute Gasteiger partial charge is 0.378 e. The van der Waals surface area contributed by atoms with Gasteiger partial charge in [-0.05, 0) is 57.2 Å². The predicted octanol–water partition coefficient (Wildman–Crippen LogP) is 3.90. The number of piperidine rings is 1. The van der Waals surface area contributed by atoms with Crippen molar-refractivity contribution >= 4 is 41.7 Å². The van der Waals surface area contributed by atoms with Gasteiger partial charge in [0.15, 0.2) is 5.96 Å².